The summed E-state index contributed by atoms with van der Waals surface area (Å²) in [4.78, 5) is 12.0. The molecule has 18 heavy (non-hydrogen) atoms. The number of amides is 1. The van der Waals surface area contributed by atoms with Gasteiger partial charge in [0, 0.05) is 12.1 Å². The molecule has 1 aliphatic rings. The molecule has 2 rings (SSSR count). The standard InChI is InChI=1S/C15H21NO2/c1-10(2)13-8-12(6-7-14(13)18-3)15(17)16-9-11-4-5-11/h6-8,10-11H,4-5,9H2,1-3H3,(H,16,17). The second kappa shape index (κ2) is 5.42. The van der Waals surface area contributed by atoms with Crippen LogP contribution in [0, 0.1) is 5.92 Å². The first-order valence-electron chi connectivity index (χ1n) is 6.58. The van der Waals surface area contributed by atoms with Crippen LogP contribution >= 0.6 is 0 Å². The zero-order chi connectivity index (χ0) is 13.1. The number of hydrogen-bond acceptors (Lipinski definition) is 2. The first kappa shape index (κ1) is 12.9. The number of carbonyl (C=O) groups excluding carboxylic acids is 1. The van der Waals surface area contributed by atoms with Crippen molar-refractivity contribution in [2.24, 2.45) is 5.92 Å². The number of carbonyl (C=O) groups is 1. The maximum absolute atomic E-state index is 12.0. The van der Waals surface area contributed by atoms with Gasteiger partial charge in [0.2, 0.25) is 0 Å². The van der Waals surface area contributed by atoms with E-state index in [0.29, 0.717) is 11.8 Å². The Morgan fingerprint density at radius 3 is 2.72 bits per heavy atom. The van der Waals surface area contributed by atoms with Crippen molar-refractivity contribution in [1.29, 1.82) is 0 Å². The van der Waals surface area contributed by atoms with Crippen LogP contribution < -0.4 is 10.1 Å². The van der Waals surface area contributed by atoms with Gasteiger partial charge in [-0.2, -0.15) is 0 Å². The molecule has 0 spiro atoms. The Balaban J connectivity index is 2.11. The lowest BCUT2D eigenvalue weighted by molar-refractivity contribution is 0.0951. The van der Waals surface area contributed by atoms with Gasteiger partial charge < -0.3 is 10.1 Å². The first-order chi connectivity index (χ1) is 8.61. The highest BCUT2D eigenvalue weighted by Crippen LogP contribution is 2.29. The second-order valence-electron chi connectivity index (χ2n) is 5.26. The van der Waals surface area contributed by atoms with E-state index in [4.69, 9.17) is 4.74 Å². The summed E-state index contributed by atoms with van der Waals surface area (Å²) in [5.74, 6) is 1.92. The quantitative estimate of drug-likeness (QED) is 0.868. The van der Waals surface area contributed by atoms with Crippen LogP contribution in [0.2, 0.25) is 0 Å². The predicted molar refractivity (Wildman–Crippen MR) is 72.1 cm³/mol. The minimum absolute atomic E-state index is 0.0199. The van der Waals surface area contributed by atoms with Gasteiger partial charge in [-0.15, -0.1) is 0 Å². The SMILES string of the molecule is COc1ccc(C(=O)NCC2CC2)cc1C(C)C. The molecular weight excluding hydrogens is 226 g/mol. The van der Waals surface area contributed by atoms with Crippen LogP contribution in [0.1, 0.15) is 48.5 Å². The summed E-state index contributed by atoms with van der Waals surface area (Å²) in [5.41, 5.74) is 1.80. The molecule has 0 unspecified atom stereocenters. The van der Waals surface area contributed by atoms with E-state index >= 15 is 0 Å². The summed E-state index contributed by atoms with van der Waals surface area (Å²) in [7, 11) is 1.66. The normalized spacial score (nSPS) is 14.7. The highest BCUT2D eigenvalue weighted by molar-refractivity contribution is 5.94. The highest BCUT2D eigenvalue weighted by Gasteiger charge is 2.22. The number of methoxy groups -OCH3 is 1. The molecule has 1 aromatic rings. The average Bonchev–Trinajstić information content (AvgIpc) is 3.19. The molecule has 0 heterocycles. The molecule has 0 saturated heterocycles. The maximum atomic E-state index is 12.0. The van der Waals surface area contributed by atoms with Gasteiger partial charge in [0.05, 0.1) is 7.11 Å². The van der Waals surface area contributed by atoms with Crippen LogP contribution in [0.25, 0.3) is 0 Å². The Kier molecular flexibility index (Phi) is 3.90. The average molecular weight is 247 g/mol. The van der Waals surface area contributed by atoms with Crippen LogP contribution in [0.5, 0.6) is 5.75 Å². The number of benzene rings is 1. The monoisotopic (exact) mass is 247 g/mol. The summed E-state index contributed by atoms with van der Waals surface area (Å²) in [6, 6.07) is 5.64. The van der Waals surface area contributed by atoms with Crippen molar-refractivity contribution >= 4 is 5.91 Å². The Bertz CT molecular complexity index is 436. The number of rotatable bonds is 5. The molecule has 0 radical (unpaired) electrons. The Morgan fingerprint density at radius 2 is 2.17 bits per heavy atom. The minimum atomic E-state index is 0.0199. The van der Waals surface area contributed by atoms with Gasteiger partial charge >= 0.3 is 0 Å². The Hall–Kier alpha value is -1.51. The molecule has 1 saturated carbocycles. The van der Waals surface area contributed by atoms with Crippen molar-refractivity contribution in [2.75, 3.05) is 13.7 Å². The summed E-state index contributed by atoms with van der Waals surface area (Å²) < 4.78 is 5.32. The van der Waals surface area contributed by atoms with E-state index in [1.165, 1.54) is 12.8 Å². The minimum Gasteiger partial charge on any atom is -0.496 e. The lowest BCUT2D eigenvalue weighted by Crippen LogP contribution is -2.25. The number of hydrogen-bond donors (Lipinski definition) is 1. The molecule has 1 aliphatic carbocycles. The summed E-state index contributed by atoms with van der Waals surface area (Å²) in [5, 5.41) is 2.98. The molecule has 3 heteroatoms. The second-order valence-corrected chi connectivity index (χ2v) is 5.26. The van der Waals surface area contributed by atoms with Crippen molar-refractivity contribution in [1.82, 2.24) is 5.32 Å². The number of ether oxygens (including phenoxy) is 1. The van der Waals surface area contributed by atoms with Gasteiger partial charge in [-0.1, -0.05) is 13.8 Å². The zero-order valence-electron chi connectivity index (χ0n) is 11.3. The van der Waals surface area contributed by atoms with E-state index < -0.39 is 0 Å². The first-order valence-corrected chi connectivity index (χ1v) is 6.58. The third kappa shape index (κ3) is 3.03. The molecule has 1 N–H and O–H groups in total. The van der Waals surface area contributed by atoms with Crippen molar-refractivity contribution in [3.05, 3.63) is 29.3 Å². The van der Waals surface area contributed by atoms with Gasteiger partial charge in [0.1, 0.15) is 5.75 Å². The zero-order valence-corrected chi connectivity index (χ0v) is 11.3. The van der Waals surface area contributed by atoms with Crippen LogP contribution in [0.4, 0.5) is 0 Å². The van der Waals surface area contributed by atoms with Crippen molar-refractivity contribution < 1.29 is 9.53 Å². The van der Waals surface area contributed by atoms with Crippen molar-refractivity contribution in [2.45, 2.75) is 32.6 Å². The van der Waals surface area contributed by atoms with E-state index in [-0.39, 0.29) is 5.91 Å². The molecule has 1 fully saturated rings. The third-order valence-corrected chi connectivity index (χ3v) is 3.36. The summed E-state index contributed by atoms with van der Waals surface area (Å²) in [6.07, 6.45) is 2.50. The van der Waals surface area contributed by atoms with Gasteiger partial charge in [-0.05, 0) is 48.4 Å². The number of nitrogens with one attached hydrogen (secondary N) is 1. The summed E-state index contributed by atoms with van der Waals surface area (Å²) in [6.45, 7) is 5.01. The van der Waals surface area contributed by atoms with Crippen LogP contribution in [0.3, 0.4) is 0 Å². The fraction of sp³-hybridized carbons (Fsp3) is 0.533. The lowest BCUT2D eigenvalue weighted by atomic mass is 9.99. The molecular formula is C15H21NO2. The molecule has 0 aliphatic heterocycles. The van der Waals surface area contributed by atoms with Crippen LogP contribution in [-0.2, 0) is 0 Å². The molecule has 98 valence electrons. The maximum Gasteiger partial charge on any atom is 0.251 e. The van der Waals surface area contributed by atoms with Crippen LogP contribution in [-0.4, -0.2) is 19.6 Å². The topological polar surface area (TPSA) is 38.3 Å². The third-order valence-electron chi connectivity index (χ3n) is 3.36. The molecule has 0 aromatic heterocycles. The van der Waals surface area contributed by atoms with Gasteiger partial charge in [-0.3, -0.25) is 4.79 Å². The molecule has 1 amide bonds. The van der Waals surface area contributed by atoms with E-state index in [1.54, 1.807) is 7.11 Å². The van der Waals surface area contributed by atoms with E-state index in [1.807, 2.05) is 18.2 Å². The Labute approximate surface area is 109 Å². The van der Waals surface area contributed by atoms with Gasteiger partial charge in [0.25, 0.3) is 5.91 Å². The van der Waals surface area contributed by atoms with E-state index in [2.05, 4.69) is 19.2 Å². The largest absolute Gasteiger partial charge is 0.496 e. The fourth-order valence-corrected chi connectivity index (χ4v) is 1.99. The van der Waals surface area contributed by atoms with E-state index in [0.717, 1.165) is 23.4 Å². The van der Waals surface area contributed by atoms with Crippen LogP contribution in [0.15, 0.2) is 18.2 Å². The molecule has 0 bridgehead atoms. The van der Waals surface area contributed by atoms with E-state index in [9.17, 15) is 4.79 Å². The van der Waals surface area contributed by atoms with Crippen molar-refractivity contribution in [3.63, 3.8) is 0 Å². The van der Waals surface area contributed by atoms with Gasteiger partial charge in [0.15, 0.2) is 0 Å². The molecule has 1 aromatic carbocycles. The molecule has 0 atom stereocenters. The Morgan fingerprint density at radius 1 is 1.44 bits per heavy atom. The van der Waals surface area contributed by atoms with Gasteiger partial charge in [-0.25, -0.2) is 0 Å². The molecule has 3 nitrogen and oxygen atoms in total. The van der Waals surface area contributed by atoms with Crippen molar-refractivity contribution in [3.8, 4) is 5.75 Å². The smallest absolute Gasteiger partial charge is 0.251 e. The summed E-state index contributed by atoms with van der Waals surface area (Å²) >= 11 is 0. The predicted octanol–water partition coefficient (Wildman–Crippen LogP) is 2.96. The fourth-order valence-electron chi connectivity index (χ4n) is 1.99. The highest BCUT2D eigenvalue weighted by atomic mass is 16.5. The lowest BCUT2D eigenvalue weighted by Gasteiger charge is -2.13.